The van der Waals surface area contributed by atoms with E-state index >= 15 is 0 Å². The number of hydrogen-bond acceptors (Lipinski definition) is 6. The normalized spacial score (nSPS) is 11.3. The molecule has 0 fully saturated rings. The first-order valence-corrected chi connectivity index (χ1v) is 9.38. The molecule has 150 valence electrons. The predicted octanol–water partition coefficient (Wildman–Crippen LogP) is 1.57. The summed E-state index contributed by atoms with van der Waals surface area (Å²) in [4.78, 5) is 34.2. The summed E-state index contributed by atoms with van der Waals surface area (Å²) in [6, 6.07) is 2.08. The Morgan fingerprint density at radius 2 is 1.89 bits per heavy atom. The first-order chi connectivity index (χ1) is 13.5. The van der Waals surface area contributed by atoms with Crippen LogP contribution in [0.25, 0.3) is 11.2 Å². The number of imidazole rings is 1. The van der Waals surface area contributed by atoms with Gasteiger partial charge in [0.25, 0.3) is 5.56 Å². The van der Waals surface area contributed by atoms with Crippen LogP contribution in [0.2, 0.25) is 0 Å². The number of rotatable bonds is 8. The van der Waals surface area contributed by atoms with Crippen LogP contribution < -0.4 is 16.0 Å². The highest BCUT2D eigenvalue weighted by atomic mass is 16.5. The predicted molar refractivity (Wildman–Crippen MR) is 105 cm³/mol. The SMILES string of the molecule is CCCCn1c(Oc2cncc(C)c2)nc2c1c(=O)n(CCCO)c(=O)n2C. The van der Waals surface area contributed by atoms with Gasteiger partial charge in [-0.05, 0) is 31.4 Å². The minimum Gasteiger partial charge on any atom is -0.424 e. The standard InChI is InChI=1S/C19H25N5O4/c1-4-5-7-23-15-16(21-18(23)28-14-10-13(2)11-20-12-14)22(3)19(27)24(17(15)26)8-6-9-25/h10-12,25H,4-9H2,1-3H3. The van der Waals surface area contributed by atoms with Crippen LogP contribution in [0.5, 0.6) is 11.8 Å². The van der Waals surface area contributed by atoms with Crippen LogP contribution in [0.15, 0.2) is 28.0 Å². The summed E-state index contributed by atoms with van der Waals surface area (Å²) in [6.07, 6.45) is 5.37. The summed E-state index contributed by atoms with van der Waals surface area (Å²) in [5, 5.41) is 9.09. The quantitative estimate of drug-likeness (QED) is 0.629. The van der Waals surface area contributed by atoms with Gasteiger partial charge in [-0.2, -0.15) is 4.98 Å². The van der Waals surface area contributed by atoms with Crippen LogP contribution in [0.3, 0.4) is 0 Å². The summed E-state index contributed by atoms with van der Waals surface area (Å²) in [5.41, 5.74) is 0.653. The van der Waals surface area contributed by atoms with Crippen molar-refractivity contribution in [2.24, 2.45) is 7.05 Å². The van der Waals surface area contributed by atoms with Crippen LogP contribution in [-0.2, 0) is 20.1 Å². The Morgan fingerprint density at radius 1 is 1.14 bits per heavy atom. The lowest BCUT2D eigenvalue weighted by atomic mass is 10.3. The number of nitrogens with zero attached hydrogens (tertiary/aromatic N) is 5. The zero-order chi connectivity index (χ0) is 20.3. The molecule has 9 heteroatoms. The molecule has 0 unspecified atom stereocenters. The van der Waals surface area contributed by atoms with Gasteiger partial charge in [0.1, 0.15) is 5.75 Å². The lowest BCUT2D eigenvalue weighted by Gasteiger charge is -2.10. The Hall–Kier alpha value is -2.94. The molecule has 0 atom stereocenters. The van der Waals surface area contributed by atoms with Crippen LogP contribution in [0.4, 0.5) is 0 Å². The molecule has 0 aliphatic heterocycles. The number of pyridine rings is 1. The van der Waals surface area contributed by atoms with Crippen molar-refractivity contribution < 1.29 is 9.84 Å². The molecule has 0 bridgehead atoms. The number of hydrogen-bond donors (Lipinski definition) is 1. The molecule has 3 aromatic rings. The average molecular weight is 387 g/mol. The molecule has 0 aliphatic rings. The van der Waals surface area contributed by atoms with Gasteiger partial charge in [0.15, 0.2) is 11.2 Å². The second-order valence-corrected chi connectivity index (χ2v) is 6.75. The van der Waals surface area contributed by atoms with E-state index in [2.05, 4.69) is 16.9 Å². The van der Waals surface area contributed by atoms with Crippen LogP contribution in [-0.4, -0.2) is 35.4 Å². The maximum Gasteiger partial charge on any atom is 0.332 e. The Labute approximate surface area is 161 Å². The zero-order valence-corrected chi connectivity index (χ0v) is 16.4. The van der Waals surface area contributed by atoms with Gasteiger partial charge in [0, 0.05) is 32.9 Å². The van der Waals surface area contributed by atoms with Crippen molar-refractivity contribution >= 4 is 11.2 Å². The summed E-state index contributed by atoms with van der Waals surface area (Å²) in [6.45, 7) is 4.55. The Kier molecular flexibility index (Phi) is 5.93. The first-order valence-electron chi connectivity index (χ1n) is 9.38. The van der Waals surface area contributed by atoms with Gasteiger partial charge >= 0.3 is 11.7 Å². The molecule has 1 N–H and O–H groups in total. The lowest BCUT2D eigenvalue weighted by Crippen LogP contribution is -2.39. The fraction of sp³-hybridized carbons (Fsp3) is 0.474. The van der Waals surface area contributed by atoms with Gasteiger partial charge < -0.3 is 9.84 Å². The fourth-order valence-electron chi connectivity index (χ4n) is 3.07. The largest absolute Gasteiger partial charge is 0.424 e. The van der Waals surface area contributed by atoms with Crippen molar-refractivity contribution in [3.05, 3.63) is 44.9 Å². The van der Waals surface area contributed by atoms with E-state index in [1.54, 1.807) is 24.0 Å². The van der Waals surface area contributed by atoms with Crippen molar-refractivity contribution in [3.63, 3.8) is 0 Å². The monoisotopic (exact) mass is 387 g/mol. The number of ether oxygens (including phenoxy) is 1. The second-order valence-electron chi connectivity index (χ2n) is 6.75. The highest BCUT2D eigenvalue weighted by Crippen LogP contribution is 2.24. The smallest absolute Gasteiger partial charge is 0.332 e. The molecule has 9 nitrogen and oxygen atoms in total. The molecule has 0 aromatic carbocycles. The van der Waals surface area contributed by atoms with Crippen LogP contribution in [0, 0.1) is 6.92 Å². The molecular formula is C19H25N5O4. The molecule has 28 heavy (non-hydrogen) atoms. The van der Waals surface area contributed by atoms with Gasteiger partial charge in [0.05, 0.1) is 6.20 Å². The molecule has 0 saturated heterocycles. The topological polar surface area (TPSA) is 104 Å². The second kappa shape index (κ2) is 8.39. The Bertz CT molecular complexity index is 1100. The molecule has 0 saturated carbocycles. The maximum absolute atomic E-state index is 13.1. The molecule has 3 aromatic heterocycles. The van der Waals surface area contributed by atoms with Crippen molar-refractivity contribution in [2.45, 2.75) is 46.2 Å². The van der Waals surface area contributed by atoms with E-state index in [1.807, 2.05) is 13.0 Å². The molecule has 0 amide bonds. The summed E-state index contributed by atoms with van der Waals surface area (Å²) < 4.78 is 10.1. The number of aliphatic hydroxyl groups is 1. The van der Waals surface area contributed by atoms with E-state index in [9.17, 15) is 9.59 Å². The highest BCUT2D eigenvalue weighted by molar-refractivity contribution is 5.72. The van der Waals surface area contributed by atoms with E-state index in [-0.39, 0.29) is 24.8 Å². The van der Waals surface area contributed by atoms with Gasteiger partial charge in [-0.1, -0.05) is 13.3 Å². The van der Waals surface area contributed by atoms with Crippen LogP contribution >= 0.6 is 0 Å². The number of fused-ring (bicyclic) bond motifs is 1. The number of unbranched alkanes of at least 4 members (excludes halogenated alkanes) is 1. The molecule has 0 aliphatic carbocycles. The fourth-order valence-corrected chi connectivity index (χ4v) is 3.07. The van der Waals surface area contributed by atoms with E-state index in [4.69, 9.17) is 9.84 Å². The molecule has 0 spiro atoms. The average Bonchev–Trinajstić information content (AvgIpc) is 3.03. The van der Waals surface area contributed by atoms with Gasteiger partial charge in [-0.3, -0.25) is 23.5 Å². The number of aryl methyl sites for hydroxylation is 3. The third kappa shape index (κ3) is 3.70. The van der Waals surface area contributed by atoms with Crippen molar-refractivity contribution in [1.82, 2.24) is 23.7 Å². The van der Waals surface area contributed by atoms with E-state index in [0.717, 1.165) is 23.0 Å². The zero-order valence-electron chi connectivity index (χ0n) is 16.4. The third-order valence-corrected chi connectivity index (χ3v) is 4.53. The Morgan fingerprint density at radius 3 is 2.57 bits per heavy atom. The third-order valence-electron chi connectivity index (χ3n) is 4.53. The van der Waals surface area contributed by atoms with Crippen molar-refractivity contribution in [2.75, 3.05) is 6.61 Å². The summed E-state index contributed by atoms with van der Waals surface area (Å²) in [7, 11) is 1.58. The molecule has 3 rings (SSSR count). The summed E-state index contributed by atoms with van der Waals surface area (Å²) >= 11 is 0. The Balaban J connectivity index is 2.21. The lowest BCUT2D eigenvalue weighted by molar-refractivity contribution is 0.277. The molecular weight excluding hydrogens is 362 g/mol. The minimum absolute atomic E-state index is 0.0998. The van der Waals surface area contributed by atoms with Gasteiger partial charge in [-0.15, -0.1) is 0 Å². The van der Waals surface area contributed by atoms with Crippen molar-refractivity contribution in [3.8, 4) is 11.8 Å². The number of aliphatic hydroxyl groups excluding tert-OH is 1. The summed E-state index contributed by atoms with van der Waals surface area (Å²) in [5.74, 6) is 0.513. The van der Waals surface area contributed by atoms with E-state index < -0.39 is 11.2 Å². The number of aromatic nitrogens is 5. The molecule has 3 heterocycles. The molecule has 0 radical (unpaired) electrons. The van der Waals surface area contributed by atoms with Gasteiger partial charge in [0.2, 0.25) is 0 Å². The van der Waals surface area contributed by atoms with E-state index in [1.165, 1.54) is 4.57 Å². The first kappa shape index (κ1) is 19.8. The van der Waals surface area contributed by atoms with Gasteiger partial charge in [-0.25, -0.2) is 4.79 Å². The van der Waals surface area contributed by atoms with E-state index in [0.29, 0.717) is 24.2 Å². The maximum atomic E-state index is 13.1. The minimum atomic E-state index is -0.463. The van der Waals surface area contributed by atoms with Crippen molar-refractivity contribution in [1.29, 1.82) is 0 Å². The van der Waals surface area contributed by atoms with Crippen LogP contribution in [0.1, 0.15) is 31.7 Å². The highest BCUT2D eigenvalue weighted by Gasteiger charge is 2.21.